The van der Waals surface area contributed by atoms with Crippen molar-refractivity contribution in [3.8, 4) is 0 Å². The molecule has 1 heterocycles. The highest BCUT2D eigenvalue weighted by Crippen LogP contribution is 2.36. The number of halogens is 4. The van der Waals surface area contributed by atoms with Gasteiger partial charge in [-0.2, -0.15) is 18.2 Å². The summed E-state index contributed by atoms with van der Waals surface area (Å²) in [5.74, 6) is 0.800. The van der Waals surface area contributed by atoms with Crippen LogP contribution in [-0.4, -0.2) is 42.1 Å². The molecule has 2 rings (SSSR count). The number of aromatic nitrogens is 2. The zero-order chi connectivity index (χ0) is 18.4. The van der Waals surface area contributed by atoms with Crippen molar-refractivity contribution < 1.29 is 13.2 Å². The minimum absolute atomic E-state index is 0.244. The molecule has 2 aromatic rings. The van der Waals surface area contributed by atoms with Gasteiger partial charge in [-0.1, -0.05) is 11.6 Å². The number of alkyl halides is 3. The Morgan fingerprint density at radius 2 is 1.96 bits per heavy atom. The second-order valence-corrected chi connectivity index (χ2v) is 6.07. The van der Waals surface area contributed by atoms with E-state index in [1.807, 2.05) is 14.1 Å². The SMILES string of the molecule is CN(C)CCCNc1nccc(Nc2ccc(Cl)c(C(F)(F)F)c2)n1. The van der Waals surface area contributed by atoms with Crippen molar-refractivity contribution in [2.75, 3.05) is 37.8 Å². The van der Waals surface area contributed by atoms with E-state index < -0.39 is 11.7 Å². The number of hydrogen-bond acceptors (Lipinski definition) is 5. The van der Waals surface area contributed by atoms with Gasteiger partial charge >= 0.3 is 6.18 Å². The Balaban J connectivity index is 2.04. The fourth-order valence-electron chi connectivity index (χ4n) is 2.08. The van der Waals surface area contributed by atoms with Crippen LogP contribution in [0.4, 0.5) is 30.6 Å². The van der Waals surface area contributed by atoms with Gasteiger partial charge in [0, 0.05) is 18.4 Å². The molecule has 0 amide bonds. The summed E-state index contributed by atoms with van der Waals surface area (Å²) in [5.41, 5.74) is -0.649. The highest BCUT2D eigenvalue weighted by Gasteiger charge is 2.33. The van der Waals surface area contributed by atoms with Crippen molar-refractivity contribution in [1.82, 2.24) is 14.9 Å². The first-order chi connectivity index (χ1) is 11.8. The molecule has 0 aliphatic heterocycles. The van der Waals surface area contributed by atoms with E-state index in [1.165, 1.54) is 18.3 Å². The molecular weight excluding hydrogens is 355 g/mol. The molecular formula is C16H19ClF3N5. The van der Waals surface area contributed by atoms with E-state index in [0.29, 0.717) is 18.3 Å². The molecule has 25 heavy (non-hydrogen) atoms. The van der Waals surface area contributed by atoms with Crippen molar-refractivity contribution >= 4 is 29.1 Å². The van der Waals surface area contributed by atoms with Crippen molar-refractivity contribution in [2.45, 2.75) is 12.6 Å². The van der Waals surface area contributed by atoms with Gasteiger partial charge < -0.3 is 15.5 Å². The Kier molecular flexibility index (Phi) is 6.44. The fourth-order valence-corrected chi connectivity index (χ4v) is 2.30. The van der Waals surface area contributed by atoms with E-state index in [-0.39, 0.29) is 10.7 Å². The minimum Gasteiger partial charge on any atom is -0.354 e. The van der Waals surface area contributed by atoms with E-state index in [9.17, 15) is 13.2 Å². The highest BCUT2D eigenvalue weighted by molar-refractivity contribution is 6.31. The first-order valence-electron chi connectivity index (χ1n) is 7.61. The second-order valence-electron chi connectivity index (χ2n) is 5.67. The Bertz CT molecular complexity index is 706. The predicted molar refractivity (Wildman–Crippen MR) is 93.4 cm³/mol. The number of rotatable bonds is 7. The van der Waals surface area contributed by atoms with Crippen LogP contribution in [0, 0.1) is 0 Å². The molecule has 0 aliphatic rings. The molecule has 0 unspecified atom stereocenters. The van der Waals surface area contributed by atoms with E-state index in [0.717, 1.165) is 19.0 Å². The molecule has 5 nitrogen and oxygen atoms in total. The second kappa shape index (κ2) is 8.35. The van der Waals surface area contributed by atoms with E-state index in [2.05, 4.69) is 25.5 Å². The summed E-state index contributed by atoms with van der Waals surface area (Å²) in [6.45, 7) is 1.62. The summed E-state index contributed by atoms with van der Waals surface area (Å²) in [6, 6.07) is 5.19. The van der Waals surface area contributed by atoms with Crippen molar-refractivity contribution in [3.05, 3.63) is 41.0 Å². The maximum Gasteiger partial charge on any atom is 0.417 e. The highest BCUT2D eigenvalue weighted by atomic mass is 35.5. The normalized spacial score (nSPS) is 11.6. The quantitative estimate of drug-likeness (QED) is 0.710. The molecule has 9 heteroatoms. The number of hydrogen-bond donors (Lipinski definition) is 2. The topological polar surface area (TPSA) is 53.1 Å². The smallest absolute Gasteiger partial charge is 0.354 e. The first kappa shape index (κ1) is 19.3. The zero-order valence-electron chi connectivity index (χ0n) is 13.9. The molecule has 136 valence electrons. The monoisotopic (exact) mass is 373 g/mol. The number of anilines is 3. The number of nitrogens with one attached hydrogen (secondary N) is 2. The Morgan fingerprint density at radius 3 is 2.64 bits per heavy atom. The van der Waals surface area contributed by atoms with E-state index in [4.69, 9.17) is 11.6 Å². The summed E-state index contributed by atoms with van der Waals surface area (Å²) in [7, 11) is 3.98. The molecule has 0 aliphatic carbocycles. The average molecular weight is 374 g/mol. The Labute approximate surface area is 149 Å². The van der Waals surface area contributed by atoms with Crippen molar-refractivity contribution in [2.24, 2.45) is 0 Å². The van der Waals surface area contributed by atoms with Crippen LogP contribution in [0.3, 0.4) is 0 Å². The van der Waals surface area contributed by atoms with E-state index in [1.54, 1.807) is 6.07 Å². The van der Waals surface area contributed by atoms with Crippen LogP contribution < -0.4 is 10.6 Å². The van der Waals surface area contributed by atoms with Crippen molar-refractivity contribution in [1.29, 1.82) is 0 Å². The summed E-state index contributed by atoms with van der Waals surface area (Å²) >= 11 is 5.62. The van der Waals surface area contributed by atoms with Gasteiger partial charge in [-0.3, -0.25) is 0 Å². The molecule has 0 saturated carbocycles. The third kappa shape index (κ3) is 6.06. The van der Waals surface area contributed by atoms with Gasteiger partial charge in [0.1, 0.15) is 5.82 Å². The van der Waals surface area contributed by atoms with Crippen LogP contribution in [0.25, 0.3) is 0 Å². The lowest BCUT2D eigenvalue weighted by Crippen LogP contribution is -2.17. The molecule has 0 spiro atoms. The lowest BCUT2D eigenvalue weighted by atomic mass is 10.2. The Morgan fingerprint density at radius 1 is 1.20 bits per heavy atom. The molecule has 0 atom stereocenters. The molecule has 2 N–H and O–H groups in total. The lowest BCUT2D eigenvalue weighted by Gasteiger charge is -2.13. The molecule has 1 aromatic carbocycles. The standard InChI is InChI=1S/C16H19ClF3N5/c1-25(2)9-3-7-21-15-22-8-6-14(24-15)23-11-4-5-13(17)12(10-11)16(18,19)20/h4-6,8,10H,3,7,9H2,1-2H3,(H2,21,22,23,24). The number of nitrogens with zero attached hydrogens (tertiary/aromatic N) is 3. The van der Waals surface area contributed by atoms with Crippen LogP contribution in [0.5, 0.6) is 0 Å². The Hall–Kier alpha value is -2.06. The molecule has 1 aromatic heterocycles. The maximum atomic E-state index is 12.9. The van der Waals surface area contributed by atoms with Gasteiger partial charge in [0.05, 0.1) is 10.6 Å². The largest absolute Gasteiger partial charge is 0.417 e. The fraction of sp³-hybridized carbons (Fsp3) is 0.375. The molecule has 0 bridgehead atoms. The minimum atomic E-state index is -4.51. The third-order valence-corrected chi connectivity index (χ3v) is 3.59. The molecule has 0 radical (unpaired) electrons. The van der Waals surface area contributed by atoms with Crippen LogP contribution in [0.15, 0.2) is 30.5 Å². The number of benzene rings is 1. The van der Waals surface area contributed by atoms with Crippen LogP contribution >= 0.6 is 11.6 Å². The van der Waals surface area contributed by atoms with Gasteiger partial charge in [-0.25, -0.2) is 4.98 Å². The van der Waals surface area contributed by atoms with Gasteiger partial charge in [-0.05, 0) is 51.3 Å². The molecule has 0 fully saturated rings. The van der Waals surface area contributed by atoms with Gasteiger partial charge in [0.15, 0.2) is 0 Å². The average Bonchev–Trinajstić information content (AvgIpc) is 2.53. The van der Waals surface area contributed by atoms with Crippen LogP contribution in [-0.2, 0) is 6.18 Å². The predicted octanol–water partition coefficient (Wildman–Crippen LogP) is 4.26. The van der Waals surface area contributed by atoms with E-state index >= 15 is 0 Å². The van der Waals surface area contributed by atoms with Crippen LogP contribution in [0.1, 0.15) is 12.0 Å². The summed E-state index contributed by atoms with van der Waals surface area (Å²) in [6.07, 6.45) is -2.07. The first-order valence-corrected chi connectivity index (χ1v) is 7.99. The summed E-state index contributed by atoms with van der Waals surface area (Å²) < 4.78 is 38.7. The van der Waals surface area contributed by atoms with Crippen molar-refractivity contribution in [3.63, 3.8) is 0 Å². The van der Waals surface area contributed by atoms with Gasteiger partial charge in [-0.15, -0.1) is 0 Å². The summed E-state index contributed by atoms with van der Waals surface area (Å²) in [4.78, 5) is 10.4. The summed E-state index contributed by atoms with van der Waals surface area (Å²) in [5, 5.41) is 5.57. The third-order valence-electron chi connectivity index (χ3n) is 3.26. The van der Waals surface area contributed by atoms with Crippen LogP contribution in [0.2, 0.25) is 5.02 Å². The van der Waals surface area contributed by atoms with Gasteiger partial charge in [0.2, 0.25) is 5.95 Å². The lowest BCUT2D eigenvalue weighted by molar-refractivity contribution is -0.137. The van der Waals surface area contributed by atoms with Gasteiger partial charge in [0.25, 0.3) is 0 Å². The molecule has 0 saturated heterocycles. The maximum absolute atomic E-state index is 12.9. The zero-order valence-corrected chi connectivity index (χ0v) is 14.6.